The van der Waals surface area contributed by atoms with E-state index in [1.165, 1.54) is 5.56 Å². The smallest absolute Gasteiger partial charge is 0.274 e. The van der Waals surface area contributed by atoms with E-state index in [1.54, 1.807) is 23.0 Å². The Hall–Kier alpha value is -4.20. The third-order valence-corrected chi connectivity index (χ3v) is 7.09. The third kappa shape index (κ3) is 5.11. The van der Waals surface area contributed by atoms with E-state index in [0.29, 0.717) is 16.4 Å². The number of anilines is 2. The molecule has 0 saturated carbocycles. The van der Waals surface area contributed by atoms with Crippen molar-refractivity contribution in [1.29, 1.82) is 0 Å². The number of halogens is 1. The van der Waals surface area contributed by atoms with Crippen LogP contribution in [-0.2, 0) is 6.54 Å². The molecule has 190 valence electrons. The van der Waals surface area contributed by atoms with Gasteiger partial charge in [0.2, 0.25) is 0 Å². The molecule has 1 amide bonds. The highest BCUT2D eigenvalue weighted by Gasteiger charge is 2.21. The van der Waals surface area contributed by atoms with Crippen molar-refractivity contribution in [1.82, 2.24) is 19.5 Å². The molecule has 6 rings (SSSR count). The first kappa shape index (κ1) is 24.2. The van der Waals surface area contributed by atoms with E-state index in [0.717, 1.165) is 55.2 Å². The molecule has 1 N–H and O–H groups in total. The summed E-state index contributed by atoms with van der Waals surface area (Å²) >= 11 is 6.19. The fraction of sp³-hybridized carbons (Fsp3) is 0.167. The van der Waals surface area contributed by atoms with Crippen LogP contribution in [0.15, 0.2) is 97.3 Å². The fourth-order valence-corrected chi connectivity index (χ4v) is 5.08. The Labute approximate surface area is 226 Å². The molecule has 0 unspecified atom stereocenters. The second-order valence-electron chi connectivity index (χ2n) is 9.37. The summed E-state index contributed by atoms with van der Waals surface area (Å²) in [5, 5.41) is 8.11. The van der Waals surface area contributed by atoms with Crippen LogP contribution >= 0.6 is 11.6 Å². The van der Waals surface area contributed by atoms with Gasteiger partial charge in [-0.1, -0.05) is 66.2 Å². The Balaban J connectivity index is 1.18. The standard InChI is InChI=1S/C30H27ClN6O/c31-24-10-6-9-23(19-24)25-20-32-37-14-13-27(33-29(25)37)30(38)34-26-11-4-5-12-28(26)36-17-15-35(16-18-36)21-22-7-2-1-3-8-22/h1-14,19-20H,15-18,21H2,(H,34,38). The number of hydrogen-bond acceptors (Lipinski definition) is 5. The summed E-state index contributed by atoms with van der Waals surface area (Å²) in [6.07, 6.45) is 3.49. The average Bonchev–Trinajstić information content (AvgIpc) is 3.38. The van der Waals surface area contributed by atoms with Gasteiger partial charge in [0.05, 0.1) is 17.6 Å². The monoisotopic (exact) mass is 522 g/mol. The van der Waals surface area contributed by atoms with Gasteiger partial charge in [-0.2, -0.15) is 5.10 Å². The average molecular weight is 523 g/mol. The Morgan fingerprint density at radius 3 is 2.50 bits per heavy atom. The van der Waals surface area contributed by atoms with Crippen molar-refractivity contribution in [3.8, 4) is 11.1 Å². The van der Waals surface area contributed by atoms with Gasteiger partial charge in [-0.15, -0.1) is 0 Å². The molecule has 8 heteroatoms. The van der Waals surface area contributed by atoms with Crippen LogP contribution in [0.2, 0.25) is 5.02 Å². The summed E-state index contributed by atoms with van der Waals surface area (Å²) in [6, 6.07) is 27.7. The molecular weight excluding hydrogens is 496 g/mol. The first-order chi connectivity index (χ1) is 18.6. The van der Waals surface area contributed by atoms with Crippen LogP contribution in [0.25, 0.3) is 16.8 Å². The molecule has 0 radical (unpaired) electrons. The molecule has 0 spiro atoms. The molecule has 1 aliphatic heterocycles. The lowest BCUT2D eigenvalue weighted by molar-refractivity contribution is 0.102. The van der Waals surface area contributed by atoms with Crippen LogP contribution in [0.5, 0.6) is 0 Å². The second kappa shape index (κ2) is 10.7. The molecule has 5 aromatic rings. The van der Waals surface area contributed by atoms with Crippen molar-refractivity contribution < 1.29 is 4.79 Å². The zero-order valence-corrected chi connectivity index (χ0v) is 21.6. The first-order valence-electron chi connectivity index (χ1n) is 12.7. The van der Waals surface area contributed by atoms with Gasteiger partial charge in [0.15, 0.2) is 5.65 Å². The number of rotatable bonds is 6. The van der Waals surface area contributed by atoms with Gasteiger partial charge in [0.25, 0.3) is 5.91 Å². The quantitative estimate of drug-likeness (QED) is 0.313. The Kier molecular flexibility index (Phi) is 6.77. The van der Waals surface area contributed by atoms with Crippen LogP contribution in [0.3, 0.4) is 0 Å². The van der Waals surface area contributed by atoms with Gasteiger partial charge < -0.3 is 10.2 Å². The lowest BCUT2D eigenvalue weighted by atomic mass is 10.1. The Morgan fingerprint density at radius 2 is 1.68 bits per heavy atom. The van der Waals surface area contributed by atoms with E-state index >= 15 is 0 Å². The maximum absolute atomic E-state index is 13.3. The maximum Gasteiger partial charge on any atom is 0.274 e. The molecule has 2 aromatic heterocycles. The number of hydrogen-bond donors (Lipinski definition) is 1. The third-order valence-electron chi connectivity index (χ3n) is 6.85. The zero-order valence-electron chi connectivity index (χ0n) is 20.8. The number of aromatic nitrogens is 3. The zero-order chi connectivity index (χ0) is 25.9. The second-order valence-corrected chi connectivity index (χ2v) is 9.81. The number of carbonyl (C=O) groups excluding carboxylic acids is 1. The summed E-state index contributed by atoms with van der Waals surface area (Å²) in [5.74, 6) is -0.263. The van der Waals surface area contributed by atoms with Crippen molar-refractivity contribution in [2.24, 2.45) is 0 Å². The molecule has 0 bridgehead atoms. The van der Waals surface area contributed by atoms with E-state index < -0.39 is 0 Å². The lowest BCUT2D eigenvalue weighted by Gasteiger charge is -2.37. The van der Waals surface area contributed by atoms with Crippen molar-refractivity contribution in [2.45, 2.75) is 6.54 Å². The summed E-state index contributed by atoms with van der Waals surface area (Å²) in [4.78, 5) is 22.8. The number of amides is 1. The van der Waals surface area contributed by atoms with E-state index in [-0.39, 0.29) is 5.91 Å². The molecule has 1 fully saturated rings. The van der Waals surface area contributed by atoms with Gasteiger partial charge >= 0.3 is 0 Å². The molecule has 3 aromatic carbocycles. The molecule has 3 heterocycles. The van der Waals surface area contributed by atoms with Gasteiger partial charge in [-0.25, -0.2) is 9.50 Å². The highest BCUT2D eigenvalue weighted by atomic mass is 35.5. The summed E-state index contributed by atoms with van der Waals surface area (Å²) in [7, 11) is 0. The predicted molar refractivity (Wildman–Crippen MR) is 152 cm³/mol. The van der Waals surface area contributed by atoms with Gasteiger partial charge in [0, 0.05) is 49.5 Å². The van der Waals surface area contributed by atoms with Crippen molar-refractivity contribution >= 4 is 34.5 Å². The summed E-state index contributed by atoms with van der Waals surface area (Å²) in [6.45, 7) is 4.66. The fourth-order valence-electron chi connectivity index (χ4n) is 4.88. The number of fused-ring (bicyclic) bond motifs is 1. The van der Waals surface area contributed by atoms with Crippen LogP contribution in [0.4, 0.5) is 11.4 Å². The highest BCUT2D eigenvalue weighted by molar-refractivity contribution is 6.30. The lowest BCUT2D eigenvalue weighted by Crippen LogP contribution is -2.46. The molecule has 1 saturated heterocycles. The maximum atomic E-state index is 13.3. The largest absolute Gasteiger partial charge is 0.367 e. The van der Waals surface area contributed by atoms with Crippen molar-refractivity contribution in [3.63, 3.8) is 0 Å². The van der Waals surface area contributed by atoms with E-state index in [4.69, 9.17) is 11.6 Å². The number of carbonyl (C=O) groups is 1. The number of benzene rings is 3. The molecule has 1 aliphatic rings. The molecule has 0 aliphatic carbocycles. The Morgan fingerprint density at radius 1 is 0.895 bits per heavy atom. The minimum absolute atomic E-state index is 0.263. The van der Waals surface area contributed by atoms with Crippen LogP contribution < -0.4 is 10.2 Å². The number of nitrogens with one attached hydrogen (secondary N) is 1. The van der Waals surface area contributed by atoms with Gasteiger partial charge in [0.1, 0.15) is 5.69 Å². The van der Waals surface area contributed by atoms with Crippen molar-refractivity contribution in [3.05, 3.63) is 114 Å². The molecule has 0 atom stereocenters. The highest BCUT2D eigenvalue weighted by Crippen LogP contribution is 2.28. The van der Waals surface area contributed by atoms with Gasteiger partial charge in [-0.05, 0) is 41.5 Å². The van der Waals surface area contributed by atoms with Crippen LogP contribution in [-0.4, -0.2) is 51.6 Å². The first-order valence-corrected chi connectivity index (χ1v) is 13.0. The SMILES string of the molecule is O=C(Nc1ccccc1N1CCN(Cc2ccccc2)CC1)c1ccn2ncc(-c3cccc(Cl)c3)c2n1. The van der Waals surface area contributed by atoms with E-state index in [9.17, 15) is 4.79 Å². The minimum atomic E-state index is -0.263. The predicted octanol–water partition coefficient (Wildman–Crippen LogP) is 5.62. The molecular formula is C30H27ClN6O. The Bertz CT molecular complexity index is 1580. The molecule has 7 nitrogen and oxygen atoms in total. The summed E-state index contributed by atoms with van der Waals surface area (Å²) < 4.78 is 1.66. The number of piperazine rings is 1. The summed E-state index contributed by atoms with van der Waals surface area (Å²) in [5.41, 5.74) is 5.76. The van der Waals surface area contributed by atoms with E-state index in [1.807, 2.05) is 48.5 Å². The number of para-hydroxylation sites is 2. The minimum Gasteiger partial charge on any atom is -0.367 e. The van der Waals surface area contributed by atoms with Crippen LogP contribution in [0.1, 0.15) is 16.1 Å². The van der Waals surface area contributed by atoms with E-state index in [2.05, 4.69) is 55.5 Å². The normalized spacial score (nSPS) is 14.1. The number of nitrogens with zero attached hydrogens (tertiary/aromatic N) is 5. The molecule has 38 heavy (non-hydrogen) atoms. The van der Waals surface area contributed by atoms with Gasteiger partial charge in [-0.3, -0.25) is 9.69 Å². The van der Waals surface area contributed by atoms with Crippen LogP contribution in [0, 0.1) is 0 Å². The topological polar surface area (TPSA) is 65.8 Å². The van der Waals surface area contributed by atoms with Crippen molar-refractivity contribution in [2.75, 3.05) is 36.4 Å².